The number of likely N-dealkylation sites (N-methyl/N-ethyl adjacent to an activating group) is 1. The first-order valence-corrected chi connectivity index (χ1v) is 4.81. The van der Waals surface area contributed by atoms with Crippen LogP contribution in [0.1, 0.15) is 19.9 Å². The Bertz CT molecular complexity index is 333. The van der Waals surface area contributed by atoms with Gasteiger partial charge < -0.3 is 4.90 Å². The van der Waals surface area contributed by atoms with Crippen LogP contribution in [-0.2, 0) is 4.79 Å². The van der Waals surface area contributed by atoms with Crippen LogP contribution in [0, 0.1) is 0 Å². The highest BCUT2D eigenvalue weighted by Gasteiger charge is 2.16. The summed E-state index contributed by atoms with van der Waals surface area (Å²) in [4.78, 5) is 13.1. The summed E-state index contributed by atoms with van der Waals surface area (Å²) in [6.07, 6.45) is 1.66. The highest BCUT2D eigenvalue weighted by Crippen LogP contribution is 2.02. The third-order valence-corrected chi connectivity index (χ3v) is 1.73. The molecule has 0 atom stereocenters. The number of anilines is 1. The molecule has 0 saturated carbocycles. The van der Waals surface area contributed by atoms with Crippen molar-refractivity contribution in [3.8, 4) is 0 Å². The second kappa shape index (κ2) is 4.88. The quantitative estimate of drug-likeness (QED) is 0.717. The molecule has 1 heterocycles. The van der Waals surface area contributed by atoms with Crippen LogP contribution in [0.5, 0.6) is 0 Å². The topological polar surface area (TPSA) is 62.3 Å². The maximum Gasteiger partial charge on any atom is 0.302 e. The first-order valence-electron chi connectivity index (χ1n) is 4.81. The van der Waals surface area contributed by atoms with Crippen molar-refractivity contribution in [1.29, 1.82) is 0 Å². The van der Waals surface area contributed by atoms with Crippen molar-refractivity contribution in [2.45, 2.75) is 19.9 Å². The number of nitrogens with one attached hydrogen (secondary N) is 1. The smallest absolute Gasteiger partial charge is 0.301 e. The molecule has 0 aliphatic carbocycles. The predicted octanol–water partition coefficient (Wildman–Crippen LogP) is 0.0431. The minimum atomic E-state index is -0.118. The summed E-state index contributed by atoms with van der Waals surface area (Å²) in [5.41, 5.74) is 0. The zero-order chi connectivity index (χ0) is 11.4. The summed E-state index contributed by atoms with van der Waals surface area (Å²) in [6.45, 7) is 4.28. The van der Waals surface area contributed by atoms with Crippen LogP contribution in [0.25, 0.3) is 0 Å². The molecule has 0 aliphatic heterocycles. The molecule has 84 valence electrons. The minimum Gasteiger partial charge on any atom is -0.301 e. The highest BCUT2D eigenvalue weighted by atomic mass is 16.5. The average molecular weight is 213 g/mol. The molecule has 1 aromatic heterocycles. The van der Waals surface area contributed by atoms with E-state index < -0.39 is 0 Å². The molecule has 15 heavy (non-hydrogen) atoms. The fourth-order valence-electron chi connectivity index (χ4n) is 1.02. The van der Waals surface area contributed by atoms with E-state index >= 15 is 0 Å². The average Bonchev–Trinajstić information content (AvgIpc) is 2.50. The molecule has 1 aromatic rings. The van der Waals surface area contributed by atoms with Gasteiger partial charge in [-0.25, -0.2) is 0 Å². The van der Waals surface area contributed by atoms with Crippen LogP contribution in [0.4, 0.5) is 5.88 Å². The Morgan fingerprint density at radius 2 is 2.33 bits per heavy atom. The number of hydrogen-bond donors (Lipinski definition) is 1. The van der Waals surface area contributed by atoms with Crippen molar-refractivity contribution in [2.24, 2.45) is 0 Å². The zero-order valence-electron chi connectivity index (χ0n) is 9.52. The van der Waals surface area contributed by atoms with E-state index in [4.69, 9.17) is 4.52 Å². The maximum atomic E-state index is 11.4. The van der Waals surface area contributed by atoms with E-state index in [9.17, 15) is 4.79 Å². The number of rotatable bonds is 4. The first kappa shape index (κ1) is 11.6. The van der Waals surface area contributed by atoms with E-state index in [0.29, 0.717) is 12.4 Å². The minimum absolute atomic E-state index is 0.118. The molecular formula is C9H17N4O2+. The van der Waals surface area contributed by atoms with Crippen molar-refractivity contribution in [3.63, 3.8) is 0 Å². The lowest BCUT2D eigenvalue weighted by molar-refractivity contribution is -0.779. The highest BCUT2D eigenvalue weighted by molar-refractivity contribution is 5.90. The van der Waals surface area contributed by atoms with Gasteiger partial charge >= 0.3 is 5.88 Å². The third kappa shape index (κ3) is 3.67. The Balaban J connectivity index is 2.53. The van der Waals surface area contributed by atoms with Crippen LogP contribution in [0.15, 0.2) is 10.7 Å². The fourth-order valence-corrected chi connectivity index (χ4v) is 1.02. The molecule has 0 bridgehead atoms. The molecule has 0 unspecified atom stereocenters. The van der Waals surface area contributed by atoms with Gasteiger partial charge in [0, 0.05) is 0 Å². The normalized spacial score (nSPS) is 11.1. The van der Waals surface area contributed by atoms with E-state index in [0.717, 1.165) is 0 Å². The van der Waals surface area contributed by atoms with Gasteiger partial charge in [0.1, 0.15) is 0 Å². The van der Waals surface area contributed by atoms with Crippen LogP contribution in [-0.4, -0.2) is 36.7 Å². The van der Waals surface area contributed by atoms with E-state index in [-0.39, 0.29) is 11.9 Å². The van der Waals surface area contributed by atoms with Crippen LogP contribution in [0.2, 0.25) is 0 Å². The summed E-state index contributed by atoms with van der Waals surface area (Å²) in [5, 5.41) is 6.38. The Morgan fingerprint density at radius 3 is 2.80 bits per heavy atom. The standard InChI is InChI=1S/C9H16N4O2/c1-7(2)13-6-9(15-11-13)10-8(14)5-12(3)4/h6-7H,5H2,1-4H3/p+1. The van der Waals surface area contributed by atoms with Crippen LogP contribution in [0.3, 0.4) is 0 Å². The molecule has 0 saturated heterocycles. The molecular weight excluding hydrogens is 196 g/mol. The Morgan fingerprint density at radius 1 is 1.67 bits per heavy atom. The van der Waals surface area contributed by atoms with Gasteiger partial charge in [-0.15, -0.1) is 0 Å². The number of aromatic nitrogens is 2. The van der Waals surface area contributed by atoms with E-state index in [1.165, 1.54) is 0 Å². The molecule has 0 aromatic carbocycles. The lowest BCUT2D eigenvalue weighted by Crippen LogP contribution is -2.37. The third-order valence-electron chi connectivity index (χ3n) is 1.73. The van der Waals surface area contributed by atoms with Crippen molar-refractivity contribution < 1.29 is 14.0 Å². The second-order valence-corrected chi connectivity index (χ2v) is 3.93. The van der Waals surface area contributed by atoms with Crippen LogP contribution >= 0.6 is 0 Å². The molecule has 0 spiro atoms. The first-order chi connectivity index (χ1) is 6.99. The summed E-state index contributed by atoms with van der Waals surface area (Å²) in [7, 11) is 3.66. The summed E-state index contributed by atoms with van der Waals surface area (Å²) in [6, 6.07) is 0.216. The molecule has 0 aliphatic rings. The molecule has 1 rings (SSSR count). The van der Waals surface area contributed by atoms with Gasteiger partial charge in [-0.3, -0.25) is 14.6 Å². The van der Waals surface area contributed by atoms with E-state index in [2.05, 4.69) is 10.6 Å². The van der Waals surface area contributed by atoms with Gasteiger partial charge in [-0.1, -0.05) is 0 Å². The summed E-state index contributed by atoms with van der Waals surface area (Å²) < 4.78 is 6.58. The van der Waals surface area contributed by atoms with E-state index in [1.54, 1.807) is 15.8 Å². The second-order valence-electron chi connectivity index (χ2n) is 3.93. The molecule has 0 fully saturated rings. The van der Waals surface area contributed by atoms with Crippen molar-refractivity contribution >= 4 is 11.8 Å². The molecule has 1 N–H and O–H groups in total. The van der Waals surface area contributed by atoms with Crippen molar-refractivity contribution in [3.05, 3.63) is 6.20 Å². The summed E-state index contributed by atoms with van der Waals surface area (Å²) >= 11 is 0. The maximum absolute atomic E-state index is 11.4. The fraction of sp³-hybridized carbons (Fsp3) is 0.667. The zero-order valence-corrected chi connectivity index (χ0v) is 9.52. The van der Waals surface area contributed by atoms with Gasteiger partial charge in [0.2, 0.25) is 11.2 Å². The SMILES string of the molecule is CC(C)[n+]1cc(NC(=O)CN(C)C)on1. The molecule has 6 nitrogen and oxygen atoms in total. The Labute approximate surface area is 88.8 Å². The number of carbonyl (C=O) groups is 1. The van der Waals surface area contributed by atoms with E-state index in [1.807, 2.05) is 27.9 Å². The molecule has 1 amide bonds. The Hall–Kier alpha value is -1.43. The lowest BCUT2D eigenvalue weighted by atomic mass is 10.4. The number of hydrogen-bond acceptors (Lipinski definition) is 4. The van der Waals surface area contributed by atoms with Crippen molar-refractivity contribution in [2.75, 3.05) is 26.0 Å². The van der Waals surface area contributed by atoms with Crippen molar-refractivity contribution in [1.82, 2.24) is 10.2 Å². The van der Waals surface area contributed by atoms with Gasteiger partial charge in [0.25, 0.3) is 6.20 Å². The lowest BCUT2D eigenvalue weighted by Gasteiger charge is -2.06. The van der Waals surface area contributed by atoms with Gasteiger partial charge in [-0.05, 0) is 32.6 Å². The van der Waals surface area contributed by atoms with Gasteiger partial charge in [-0.2, -0.15) is 0 Å². The number of amides is 1. The number of nitrogens with zero attached hydrogens (tertiary/aromatic N) is 3. The van der Waals surface area contributed by atoms with Crippen LogP contribution < -0.4 is 10.00 Å². The Kier molecular flexibility index (Phi) is 3.79. The number of carbonyl (C=O) groups excluding carboxylic acids is 1. The molecule has 0 radical (unpaired) electrons. The predicted molar refractivity (Wildman–Crippen MR) is 54.3 cm³/mol. The monoisotopic (exact) mass is 213 g/mol. The summed E-state index contributed by atoms with van der Waals surface area (Å²) in [5.74, 6) is 0.252. The van der Waals surface area contributed by atoms with Gasteiger partial charge in [0.05, 0.1) is 6.54 Å². The van der Waals surface area contributed by atoms with Gasteiger partial charge in [0.15, 0.2) is 6.04 Å². The molecule has 6 heteroatoms. The largest absolute Gasteiger partial charge is 0.302 e.